The van der Waals surface area contributed by atoms with Crippen LogP contribution in [0.25, 0.3) is 0 Å². The molecule has 3 heteroatoms. The van der Waals surface area contributed by atoms with Gasteiger partial charge in [0.15, 0.2) is 0 Å². The highest BCUT2D eigenvalue weighted by atomic mass is 16.5. The maximum absolute atomic E-state index is 6.06. The lowest BCUT2D eigenvalue weighted by Crippen LogP contribution is -2.22. The standard InChI is InChI=1S/C17H27NO2/c1-4-10-18-13(2)16-9-8-15(19-3)11-17(16)20-12-14-6-5-7-14/h8-9,11,13-14,18H,4-7,10,12H2,1-3H3. The average molecular weight is 277 g/mol. The molecule has 0 radical (unpaired) electrons. The van der Waals surface area contributed by atoms with Crippen LogP contribution in [-0.2, 0) is 0 Å². The van der Waals surface area contributed by atoms with Crippen LogP contribution in [0.4, 0.5) is 0 Å². The summed E-state index contributed by atoms with van der Waals surface area (Å²) in [6.45, 7) is 6.23. The van der Waals surface area contributed by atoms with Gasteiger partial charge in [0.05, 0.1) is 13.7 Å². The van der Waals surface area contributed by atoms with Crippen LogP contribution in [0.1, 0.15) is 51.1 Å². The van der Waals surface area contributed by atoms with E-state index in [1.807, 2.05) is 12.1 Å². The van der Waals surface area contributed by atoms with Crippen molar-refractivity contribution in [1.29, 1.82) is 0 Å². The van der Waals surface area contributed by atoms with Crippen molar-refractivity contribution in [3.8, 4) is 11.5 Å². The minimum absolute atomic E-state index is 0.303. The average Bonchev–Trinajstić information content (AvgIpc) is 2.42. The fraction of sp³-hybridized carbons (Fsp3) is 0.647. The van der Waals surface area contributed by atoms with Gasteiger partial charge < -0.3 is 14.8 Å². The van der Waals surface area contributed by atoms with Crippen molar-refractivity contribution in [2.24, 2.45) is 5.92 Å². The predicted molar refractivity (Wildman–Crippen MR) is 82.5 cm³/mol. The third-order valence-electron chi connectivity index (χ3n) is 4.09. The molecule has 0 aromatic heterocycles. The van der Waals surface area contributed by atoms with E-state index in [0.29, 0.717) is 6.04 Å². The molecule has 1 N–H and O–H groups in total. The van der Waals surface area contributed by atoms with E-state index in [1.165, 1.54) is 24.8 Å². The monoisotopic (exact) mass is 277 g/mol. The maximum Gasteiger partial charge on any atom is 0.127 e. The van der Waals surface area contributed by atoms with Crippen LogP contribution in [0.15, 0.2) is 18.2 Å². The van der Waals surface area contributed by atoms with E-state index in [-0.39, 0.29) is 0 Å². The quantitative estimate of drug-likeness (QED) is 0.781. The molecule has 20 heavy (non-hydrogen) atoms. The smallest absolute Gasteiger partial charge is 0.127 e. The third-order valence-corrected chi connectivity index (χ3v) is 4.09. The molecule has 0 spiro atoms. The van der Waals surface area contributed by atoms with Gasteiger partial charge in [-0.2, -0.15) is 0 Å². The second kappa shape index (κ2) is 7.53. The van der Waals surface area contributed by atoms with E-state index in [2.05, 4.69) is 25.2 Å². The molecule has 1 aliphatic rings. The Kier molecular flexibility index (Phi) is 5.72. The van der Waals surface area contributed by atoms with Crippen molar-refractivity contribution >= 4 is 0 Å². The normalized spacial score (nSPS) is 16.6. The first-order valence-electron chi connectivity index (χ1n) is 7.78. The number of hydrogen-bond acceptors (Lipinski definition) is 3. The van der Waals surface area contributed by atoms with Crippen LogP contribution in [0.5, 0.6) is 11.5 Å². The first-order valence-corrected chi connectivity index (χ1v) is 7.78. The molecule has 1 aromatic rings. The Balaban J connectivity index is 2.06. The molecule has 0 heterocycles. The zero-order valence-electron chi connectivity index (χ0n) is 12.9. The van der Waals surface area contributed by atoms with E-state index in [9.17, 15) is 0 Å². The summed E-state index contributed by atoms with van der Waals surface area (Å²) in [5.41, 5.74) is 1.22. The van der Waals surface area contributed by atoms with Crippen molar-refractivity contribution in [3.05, 3.63) is 23.8 Å². The molecule has 1 aliphatic carbocycles. The van der Waals surface area contributed by atoms with Crippen molar-refractivity contribution in [2.75, 3.05) is 20.3 Å². The Morgan fingerprint density at radius 3 is 2.75 bits per heavy atom. The second-order valence-electron chi connectivity index (χ2n) is 5.69. The van der Waals surface area contributed by atoms with Gasteiger partial charge in [-0.25, -0.2) is 0 Å². The van der Waals surface area contributed by atoms with E-state index < -0.39 is 0 Å². The molecule has 0 bridgehead atoms. The maximum atomic E-state index is 6.06. The summed E-state index contributed by atoms with van der Waals surface area (Å²) in [5.74, 6) is 2.57. The van der Waals surface area contributed by atoms with Crippen molar-refractivity contribution in [1.82, 2.24) is 5.32 Å². The molecular formula is C17H27NO2. The molecule has 1 saturated carbocycles. The Morgan fingerprint density at radius 1 is 1.35 bits per heavy atom. The Morgan fingerprint density at radius 2 is 2.15 bits per heavy atom. The minimum atomic E-state index is 0.303. The Hall–Kier alpha value is -1.22. The molecule has 2 rings (SSSR count). The highest BCUT2D eigenvalue weighted by Crippen LogP contribution is 2.32. The van der Waals surface area contributed by atoms with Gasteiger partial charge in [-0.1, -0.05) is 19.4 Å². The fourth-order valence-electron chi connectivity index (χ4n) is 2.46. The van der Waals surface area contributed by atoms with Gasteiger partial charge in [0.2, 0.25) is 0 Å². The Bertz CT molecular complexity index is 415. The highest BCUT2D eigenvalue weighted by molar-refractivity contribution is 5.42. The Labute approximate surface area is 122 Å². The van der Waals surface area contributed by atoms with E-state index in [4.69, 9.17) is 9.47 Å². The summed E-state index contributed by atoms with van der Waals surface area (Å²) in [4.78, 5) is 0. The largest absolute Gasteiger partial charge is 0.497 e. The van der Waals surface area contributed by atoms with Crippen molar-refractivity contribution in [2.45, 2.75) is 45.6 Å². The van der Waals surface area contributed by atoms with Gasteiger partial charge in [0.1, 0.15) is 11.5 Å². The predicted octanol–water partition coefficient (Wildman–Crippen LogP) is 3.93. The molecule has 1 unspecified atom stereocenters. The first-order chi connectivity index (χ1) is 9.74. The van der Waals surface area contributed by atoms with Gasteiger partial charge in [-0.15, -0.1) is 0 Å². The molecule has 0 aliphatic heterocycles. The summed E-state index contributed by atoms with van der Waals surface area (Å²) in [5, 5.41) is 3.52. The van der Waals surface area contributed by atoms with Crippen molar-refractivity contribution in [3.63, 3.8) is 0 Å². The van der Waals surface area contributed by atoms with Crippen LogP contribution >= 0.6 is 0 Å². The lowest BCUT2D eigenvalue weighted by atomic mass is 9.86. The molecule has 0 amide bonds. The molecule has 1 atom stereocenters. The summed E-state index contributed by atoms with van der Waals surface area (Å²) in [6.07, 6.45) is 5.11. The number of nitrogens with one attached hydrogen (secondary N) is 1. The first kappa shape index (κ1) is 15.2. The van der Waals surface area contributed by atoms with Gasteiger partial charge >= 0.3 is 0 Å². The lowest BCUT2D eigenvalue weighted by molar-refractivity contribution is 0.178. The van der Waals surface area contributed by atoms with E-state index >= 15 is 0 Å². The van der Waals surface area contributed by atoms with Gasteiger partial charge in [-0.05, 0) is 44.7 Å². The number of rotatable bonds is 8. The molecular weight excluding hydrogens is 250 g/mol. The molecule has 0 saturated heterocycles. The SMILES string of the molecule is CCCNC(C)c1ccc(OC)cc1OCC1CCC1. The second-order valence-corrected chi connectivity index (χ2v) is 5.69. The molecule has 3 nitrogen and oxygen atoms in total. The van der Waals surface area contributed by atoms with Crippen LogP contribution < -0.4 is 14.8 Å². The van der Waals surface area contributed by atoms with Crippen LogP contribution in [-0.4, -0.2) is 20.3 Å². The van der Waals surface area contributed by atoms with Gasteiger partial charge in [0, 0.05) is 17.7 Å². The fourth-order valence-corrected chi connectivity index (χ4v) is 2.46. The summed E-state index contributed by atoms with van der Waals surface area (Å²) >= 11 is 0. The topological polar surface area (TPSA) is 30.5 Å². The van der Waals surface area contributed by atoms with Crippen LogP contribution in [0.3, 0.4) is 0 Å². The summed E-state index contributed by atoms with van der Waals surface area (Å²) < 4.78 is 11.4. The van der Waals surface area contributed by atoms with Crippen LogP contribution in [0.2, 0.25) is 0 Å². The number of methoxy groups -OCH3 is 1. The molecule has 1 aromatic carbocycles. The zero-order valence-corrected chi connectivity index (χ0v) is 12.9. The third kappa shape index (κ3) is 3.89. The molecule has 1 fully saturated rings. The lowest BCUT2D eigenvalue weighted by Gasteiger charge is -2.26. The van der Waals surface area contributed by atoms with Gasteiger partial charge in [-0.3, -0.25) is 0 Å². The van der Waals surface area contributed by atoms with E-state index in [1.54, 1.807) is 7.11 Å². The number of hydrogen-bond donors (Lipinski definition) is 1. The van der Waals surface area contributed by atoms with Crippen LogP contribution in [0, 0.1) is 5.92 Å². The van der Waals surface area contributed by atoms with E-state index in [0.717, 1.165) is 37.0 Å². The number of benzene rings is 1. The molecule has 112 valence electrons. The summed E-state index contributed by atoms with van der Waals surface area (Å²) in [6, 6.07) is 6.44. The van der Waals surface area contributed by atoms with Gasteiger partial charge in [0.25, 0.3) is 0 Å². The minimum Gasteiger partial charge on any atom is -0.497 e. The number of ether oxygens (including phenoxy) is 2. The zero-order chi connectivity index (χ0) is 14.4. The highest BCUT2D eigenvalue weighted by Gasteiger charge is 2.19. The summed E-state index contributed by atoms with van der Waals surface area (Å²) in [7, 11) is 1.70. The van der Waals surface area contributed by atoms with Crippen molar-refractivity contribution < 1.29 is 9.47 Å².